The molecule has 0 unspecified atom stereocenters. The molecule has 6 nitrogen and oxygen atoms in total. The summed E-state index contributed by atoms with van der Waals surface area (Å²) in [6.07, 6.45) is 0. The summed E-state index contributed by atoms with van der Waals surface area (Å²) in [5, 5.41) is 13.0. The molecule has 0 bridgehead atoms. The van der Waals surface area contributed by atoms with Gasteiger partial charge in [-0.05, 0) is 48.9 Å². The Bertz CT molecular complexity index is 1030. The molecule has 2 amide bonds. The fraction of sp³-hybridized carbons (Fsp3) is 0.227. The number of piperazine rings is 1. The van der Waals surface area contributed by atoms with Crippen molar-refractivity contribution in [1.29, 1.82) is 0 Å². The smallest absolute Gasteiger partial charge is 0.321 e. The number of carbonyl (C=O) groups is 1. The summed E-state index contributed by atoms with van der Waals surface area (Å²) in [5.74, 6) is 0.804. The zero-order chi connectivity index (χ0) is 21.1. The Morgan fingerprint density at radius 1 is 0.900 bits per heavy atom. The first-order chi connectivity index (χ1) is 14.5. The molecule has 2 heterocycles. The molecule has 2 aromatic carbocycles. The number of anilines is 2. The van der Waals surface area contributed by atoms with E-state index >= 15 is 0 Å². The van der Waals surface area contributed by atoms with Crippen LogP contribution in [0.5, 0.6) is 0 Å². The predicted molar refractivity (Wildman–Crippen MR) is 121 cm³/mol. The van der Waals surface area contributed by atoms with Crippen LogP contribution < -0.4 is 10.2 Å². The van der Waals surface area contributed by atoms with Crippen LogP contribution in [-0.2, 0) is 0 Å². The van der Waals surface area contributed by atoms with Gasteiger partial charge in [-0.1, -0.05) is 41.4 Å². The molecule has 3 aromatic rings. The lowest BCUT2D eigenvalue weighted by atomic mass is 10.1. The number of amides is 2. The van der Waals surface area contributed by atoms with Gasteiger partial charge in [-0.25, -0.2) is 4.79 Å². The van der Waals surface area contributed by atoms with Crippen LogP contribution in [0.4, 0.5) is 16.3 Å². The lowest BCUT2D eigenvalue weighted by Gasteiger charge is -2.35. The van der Waals surface area contributed by atoms with E-state index in [0.29, 0.717) is 36.2 Å². The van der Waals surface area contributed by atoms with E-state index in [2.05, 4.69) is 20.4 Å². The highest BCUT2D eigenvalue weighted by Gasteiger charge is 2.22. The molecule has 0 atom stereocenters. The second-order valence-electron chi connectivity index (χ2n) is 7.15. The zero-order valence-electron chi connectivity index (χ0n) is 16.5. The lowest BCUT2D eigenvalue weighted by Crippen LogP contribution is -2.50. The first-order valence-corrected chi connectivity index (χ1v) is 10.4. The molecule has 1 saturated heterocycles. The van der Waals surface area contributed by atoms with Crippen molar-refractivity contribution in [3.63, 3.8) is 0 Å². The van der Waals surface area contributed by atoms with Crippen molar-refractivity contribution in [3.8, 4) is 11.3 Å². The maximum absolute atomic E-state index is 12.6. The molecule has 1 N–H and O–H groups in total. The van der Waals surface area contributed by atoms with Crippen LogP contribution in [0, 0.1) is 6.92 Å². The second kappa shape index (κ2) is 8.90. The average Bonchev–Trinajstić information content (AvgIpc) is 2.77. The van der Waals surface area contributed by atoms with Crippen LogP contribution in [0.3, 0.4) is 0 Å². The summed E-state index contributed by atoms with van der Waals surface area (Å²) in [6.45, 7) is 4.53. The van der Waals surface area contributed by atoms with Crippen molar-refractivity contribution in [3.05, 3.63) is 70.2 Å². The Morgan fingerprint density at radius 3 is 2.27 bits per heavy atom. The molecular formula is C22H21Cl2N5O. The molecule has 1 aromatic heterocycles. The Morgan fingerprint density at radius 2 is 1.60 bits per heavy atom. The van der Waals surface area contributed by atoms with Gasteiger partial charge in [0.2, 0.25) is 0 Å². The highest BCUT2D eigenvalue weighted by Crippen LogP contribution is 2.23. The SMILES string of the molecule is Cc1ccc(Cl)cc1NC(=O)N1CCN(c2ccc(-c3ccc(Cl)cc3)nn2)CC1. The topological polar surface area (TPSA) is 61.4 Å². The number of carbonyl (C=O) groups excluding carboxylic acids is 1. The minimum Gasteiger partial charge on any atom is -0.352 e. The summed E-state index contributed by atoms with van der Waals surface area (Å²) >= 11 is 12.0. The molecule has 1 aliphatic heterocycles. The third kappa shape index (κ3) is 4.66. The molecule has 1 fully saturated rings. The molecule has 1 aliphatic rings. The van der Waals surface area contributed by atoms with Gasteiger partial charge >= 0.3 is 6.03 Å². The number of aryl methyl sites for hydroxylation is 1. The van der Waals surface area contributed by atoms with Gasteiger partial charge in [-0.2, -0.15) is 0 Å². The Labute approximate surface area is 185 Å². The highest BCUT2D eigenvalue weighted by atomic mass is 35.5. The van der Waals surface area contributed by atoms with Gasteiger partial charge in [0.05, 0.1) is 5.69 Å². The van der Waals surface area contributed by atoms with Crippen molar-refractivity contribution in [1.82, 2.24) is 15.1 Å². The van der Waals surface area contributed by atoms with Crippen molar-refractivity contribution < 1.29 is 4.79 Å². The number of nitrogens with one attached hydrogen (secondary N) is 1. The van der Waals surface area contributed by atoms with Crippen LogP contribution in [0.1, 0.15) is 5.56 Å². The third-order valence-corrected chi connectivity index (χ3v) is 5.61. The van der Waals surface area contributed by atoms with E-state index in [1.165, 1.54) is 0 Å². The zero-order valence-corrected chi connectivity index (χ0v) is 18.0. The van der Waals surface area contributed by atoms with E-state index in [4.69, 9.17) is 23.2 Å². The highest BCUT2D eigenvalue weighted by molar-refractivity contribution is 6.31. The summed E-state index contributed by atoms with van der Waals surface area (Å²) in [6, 6.07) is 16.8. The van der Waals surface area contributed by atoms with E-state index in [1.54, 1.807) is 11.0 Å². The van der Waals surface area contributed by atoms with Gasteiger partial charge in [-0.3, -0.25) is 0 Å². The summed E-state index contributed by atoms with van der Waals surface area (Å²) < 4.78 is 0. The third-order valence-electron chi connectivity index (χ3n) is 5.12. The Balaban J connectivity index is 1.35. The molecule has 8 heteroatoms. The van der Waals surface area contributed by atoms with E-state index in [-0.39, 0.29) is 6.03 Å². The standard InChI is InChI=1S/C22H21Cl2N5O/c1-15-2-5-18(24)14-20(15)25-22(30)29-12-10-28(11-13-29)21-9-8-19(26-27-21)16-3-6-17(23)7-4-16/h2-9,14H,10-13H2,1H3,(H,25,30). The van der Waals surface area contributed by atoms with E-state index in [9.17, 15) is 4.79 Å². The van der Waals surface area contributed by atoms with Gasteiger partial charge in [0, 0.05) is 47.5 Å². The maximum Gasteiger partial charge on any atom is 0.321 e. The summed E-state index contributed by atoms with van der Waals surface area (Å²) in [5.41, 5.74) is 3.47. The van der Waals surface area contributed by atoms with Crippen LogP contribution >= 0.6 is 23.2 Å². The van der Waals surface area contributed by atoms with Crippen LogP contribution in [0.15, 0.2) is 54.6 Å². The molecule has 0 aliphatic carbocycles. The molecule has 154 valence electrons. The van der Waals surface area contributed by atoms with Crippen LogP contribution in [0.2, 0.25) is 10.0 Å². The fourth-order valence-electron chi connectivity index (χ4n) is 3.33. The summed E-state index contributed by atoms with van der Waals surface area (Å²) in [7, 11) is 0. The van der Waals surface area contributed by atoms with Gasteiger partial charge in [0.25, 0.3) is 0 Å². The van der Waals surface area contributed by atoms with E-state index in [1.807, 2.05) is 55.5 Å². The quantitative estimate of drug-likeness (QED) is 0.612. The minimum atomic E-state index is -0.121. The normalized spacial score (nSPS) is 14.0. The van der Waals surface area contributed by atoms with Crippen molar-refractivity contribution in [2.24, 2.45) is 0 Å². The number of hydrogen-bond acceptors (Lipinski definition) is 4. The predicted octanol–water partition coefficient (Wildman–Crippen LogP) is 5.11. The van der Waals surface area contributed by atoms with E-state index in [0.717, 1.165) is 28.3 Å². The van der Waals surface area contributed by atoms with Gasteiger partial charge in [0.1, 0.15) is 0 Å². The number of nitrogens with zero attached hydrogens (tertiary/aromatic N) is 4. The molecule has 0 radical (unpaired) electrons. The van der Waals surface area contributed by atoms with Gasteiger partial charge in [-0.15, -0.1) is 10.2 Å². The molecule has 0 spiro atoms. The Hall–Kier alpha value is -2.83. The number of halogens is 2. The number of rotatable bonds is 3. The largest absolute Gasteiger partial charge is 0.352 e. The van der Waals surface area contributed by atoms with E-state index < -0.39 is 0 Å². The lowest BCUT2D eigenvalue weighted by molar-refractivity contribution is 0.208. The number of urea groups is 1. The van der Waals surface area contributed by atoms with Crippen molar-refractivity contribution in [2.75, 3.05) is 36.4 Å². The molecule has 4 rings (SSSR count). The van der Waals surface area contributed by atoms with Crippen molar-refractivity contribution in [2.45, 2.75) is 6.92 Å². The van der Waals surface area contributed by atoms with Gasteiger partial charge in [0.15, 0.2) is 5.82 Å². The number of benzene rings is 2. The fourth-order valence-corrected chi connectivity index (χ4v) is 3.63. The van der Waals surface area contributed by atoms with Gasteiger partial charge < -0.3 is 15.1 Å². The Kier molecular flexibility index (Phi) is 6.06. The second-order valence-corrected chi connectivity index (χ2v) is 8.02. The number of hydrogen-bond donors (Lipinski definition) is 1. The molecule has 30 heavy (non-hydrogen) atoms. The monoisotopic (exact) mass is 441 g/mol. The average molecular weight is 442 g/mol. The molecular weight excluding hydrogens is 421 g/mol. The first-order valence-electron chi connectivity index (χ1n) is 9.66. The first kappa shape index (κ1) is 20.4. The van der Waals surface area contributed by atoms with Crippen LogP contribution in [0.25, 0.3) is 11.3 Å². The number of aromatic nitrogens is 2. The molecule has 0 saturated carbocycles. The van der Waals surface area contributed by atoms with Crippen LogP contribution in [-0.4, -0.2) is 47.3 Å². The maximum atomic E-state index is 12.6. The summed E-state index contributed by atoms with van der Waals surface area (Å²) in [4.78, 5) is 16.5. The van der Waals surface area contributed by atoms with Crippen molar-refractivity contribution >= 4 is 40.7 Å². The minimum absolute atomic E-state index is 0.121.